The third-order valence-corrected chi connectivity index (χ3v) is 3.79. The molecule has 3 nitrogen and oxygen atoms in total. The maximum atomic E-state index is 4.82. The molecule has 1 aliphatic carbocycles. The number of nitrogens with zero attached hydrogens (tertiary/aromatic N) is 2. The van der Waals surface area contributed by atoms with Crippen LogP contribution >= 0.6 is 0 Å². The van der Waals surface area contributed by atoms with Crippen LogP contribution in [0.5, 0.6) is 0 Å². The lowest BCUT2D eigenvalue weighted by Gasteiger charge is -2.17. The van der Waals surface area contributed by atoms with Crippen molar-refractivity contribution < 1.29 is 0 Å². The van der Waals surface area contributed by atoms with Gasteiger partial charge in [0.15, 0.2) is 0 Å². The average Bonchev–Trinajstić information content (AvgIpc) is 3.10. The number of imidazole rings is 1. The number of rotatable bonds is 3. The van der Waals surface area contributed by atoms with Crippen molar-refractivity contribution in [1.29, 1.82) is 0 Å². The summed E-state index contributed by atoms with van der Waals surface area (Å²) in [6.07, 6.45) is 2.67. The van der Waals surface area contributed by atoms with Gasteiger partial charge in [-0.15, -0.1) is 0 Å². The summed E-state index contributed by atoms with van der Waals surface area (Å²) in [5.41, 5.74) is 3.75. The molecule has 1 aromatic heterocycles. The molecule has 0 radical (unpaired) electrons. The van der Waals surface area contributed by atoms with E-state index in [0.29, 0.717) is 0 Å². The third kappa shape index (κ3) is 2.52. The molecule has 1 saturated carbocycles. The molecule has 3 rings (SSSR count). The second-order valence-corrected chi connectivity index (χ2v) is 6.72. The Balaban J connectivity index is 1.93. The normalized spacial score (nSPS) is 16.2. The smallest absolute Gasteiger partial charge is 0.115 e. The van der Waals surface area contributed by atoms with Gasteiger partial charge >= 0.3 is 0 Å². The highest BCUT2D eigenvalue weighted by Crippen LogP contribution is 2.26. The van der Waals surface area contributed by atoms with Crippen molar-refractivity contribution in [3.05, 3.63) is 29.6 Å². The largest absolute Gasteiger partial charge is 0.331 e. The number of aryl methyl sites for hydroxylation is 1. The predicted molar refractivity (Wildman–Crippen MR) is 79.3 cm³/mol. The molecule has 1 aliphatic rings. The van der Waals surface area contributed by atoms with Gasteiger partial charge in [0.1, 0.15) is 5.82 Å². The molecular formula is C16H23N3. The number of hydrogen-bond acceptors (Lipinski definition) is 2. The van der Waals surface area contributed by atoms with Gasteiger partial charge in [-0.1, -0.05) is 26.8 Å². The average molecular weight is 257 g/mol. The summed E-state index contributed by atoms with van der Waals surface area (Å²) in [7, 11) is 2.11. The molecule has 0 amide bonds. The Morgan fingerprint density at radius 3 is 2.68 bits per heavy atom. The molecule has 1 fully saturated rings. The van der Waals surface area contributed by atoms with Crippen molar-refractivity contribution in [2.24, 2.45) is 7.05 Å². The standard InChI is InChI=1S/C16H23N3/c1-16(2,3)15-18-13-9-11(10-17-12-6-7-12)5-8-14(13)19(15)4/h5,8-9,12,17H,6-7,10H2,1-4H3. The summed E-state index contributed by atoms with van der Waals surface area (Å²) in [5.74, 6) is 1.15. The van der Waals surface area contributed by atoms with E-state index in [0.717, 1.165) is 23.9 Å². The van der Waals surface area contributed by atoms with Gasteiger partial charge in [-0.25, -0.2) is 4.98 Å². The summed E-state index contributed by atoms with van der Waals surface area (Å²) in [6, 6.07) is 7.39. The molecule has 0 atom stereocenters. The van der Waals surface area contributed by atoms with Crippen molar-refractivity contribution in [3.63, 3.8) is 0 Å². The second kappa shape index (κ2) is 4.34. The molecule has 2 aromatic rings. The van der Waals surface area contributed by atoms with Crippen LogP contribution in [0.1, 0.15) is 45.0 Å². The zero-order chi connectivity index (χ0) is 13.6. The molecule has 1 N–H and O–H groups in total. The minimum absolute atomic E-state index is 0.0835. The molecule has 102 valence electrons. The number of fused-ring (bicyclic) bond motifs is 1. The van der Waals surface area contributed by atoms with Gasteiger partial charge in [-0.2, -0.15) is 0 Å². The van der Waals surface area contributed by atoms with Crippen molar-refractivity contribution in [2.75, 3.05) is 0 Å². The first-order valence-electron chi connectivity index (χ1n) is 7.14. The number of hydrogen-bond donors (Lipinski definition) is 1. The first-order chi connectivity index (χ1) is 8.95. The van der Waals surface area contributed by atoms with Gasteiger partial charge in [0.2, 0.25) is 0 Å². The number of benzene rings is 1. The van der Waals surface area contributed by atoms with Gasteiger partial charge in [0, 0.05) is 25.0 Å². The van der Waals surface area contributed by atoms with E-state index in [1.807, 2.05) is 0 Å². The fraction of sp³-hybridized carbons (Fsp3) is 0.562. The second-order valence-electron chi connectivity index (χ2n) is 6.72. The van der Waals surface area contributed by atoms with E-state index in [1.54, 1.807) is 0 Å². The first-order valence-corrected chi connectivity index (χ1v) is 7.14. The monoisotopic (exact) mass is 257 g/mol. The molecule has 0 bridgehead atoms. The molecule has 0 spiro atoms. The third-order valence-electron chi connectivity index (χ3n) is 3.79. The first kappa shape index (κ1) is 12.7. The van der Waals surface area contributed by atoms with Crippen LogP contribution in [-0.4, -0.2) is 15.6 Å². The van der Waals surface area contributed by atoms with E-state index >= 15 is 0 Å². The van der Waals surface area contributed by atoms with Crippen LogP contribution in [0.25, 0.3) is 11.0 Å². The van der Waals surface area contributed by atoms with Crippen LogP contribution in [0.2, 0.25) is 0 Å². The highest BCUT2D eigenvalue weighted by atomic mass is 15.1. The fourth-order valence-corrected chi connectivity index (χ4v) is 2.58. The summed E-state index contributed by atoms with van der Waals surface area (Å²) >= 11 is 0. The Morgan fingerprint density at radius 1 is 1.32 bits per heavy atom. The highest BCUT2D eigenvalue weighted by molar-refractivity contribution is 5.77. The van der Waals surface area contributed by atoms with Crippen molar-refractivity contribution in [3.8, 4) is 0 Å². The summed E-state index contributed by atoms with van der Waals surface area (Å²) in [6.45, 7) is 7.60. The number of aromatic nitrogens is 2. The molecule has 19 heavy (non-hydrogen) atoms. The fourth-order valence-electron chi connectivity index (χ4n) is 2.58. The van der Waals surface area contributed by atoms with Crippen molar-refractivity contribution in [1.82, 2.24) is 14.9 Å². The van der Waals surface area contributed by atoms with Gasteiger partial charge in [-0.05, 0) is 30.5 Å². The highest BCUT2D eigenvalue weighted by Gasteiger charge is 2.22. The van der Waals surface area contributed by atoms with E-state index in [1.165, 1.54) is 23.9 Å². The molecule has 0 aliphatic heterocycles. The van der Waals surface area contributed by atoms with E-state index in [9.17, 15) is 0 Å². The molecule has 1 heterocycles. The Hall–Kier alpha value is -1.35. The summed E-state index contributed by atoms with van der Waals surface area (Å²) < 4.78 is 2.22. The maximum absolute atomic E-state index is 4.82. The van der Waals surface area contributed by atoms with Crippen molar-refractivity contribution >= 4 is 11.0 Å². The van der Waals surface area contributed by atoms with E-state index < -0.39 is 0 Å². The lowest BCUT2D eigenvalue weighted by Crippen LogP contribution is -2.17. The SMILES string of the molecule is Cn1c(C(C)(C)C)nc2cc(CNC3CC3)ccc21. The zero-order valence-electron chi connectivity index (χ0n) is 12.3. The van der Waals surface area contributed by atoms with Gasteiger partial charge in [0.25, 0.3) is 0 Å². The Labute approximate surface area is 115 Å². The molecule has 0 unspecified atom stereocenters. The topological polar surface area (TPSA) is 29.9 Å². The van der Waals surface area contributed by atoms with Crippen LogP contribution in [0.4, 0.5) is 0 Å². The lowest BCUT2D eigenvalue weighted by molar-refractivity contribution is 0.526. The number of nitrogens with one attached hydrogen (secondary N) is 1. The van der Waals surface area contributed by atoms with E-state index in [4.69, 9.17) is 4.98 Å². The predicted octanol–water partition coefficient (Wildman–Crippen LogP) is 3.12. The van der Waals surface area contributed by atoms with Crippen LogP contribution < -0.4 is 5.32 Å². The van der Waals surface area contributed by atoms with Gasteiger partial charge in [-0.3, -0.25) is 0 Å². The molecular weight excluding hydrogens is 234 g/mol. The quantitative estimate of drug-likeness (QED) is 0.915. The minimum Gasteiger partial charge on any atom is -0.331 e. The Morgan fingerprint density at radius 2 is 2.05 bits per heavy atom. The van der Waals surface area contributed by atoms with Crippen LogP contribution in [0, 0.1) is 0 Å². The summed E-state index contributed by atoms with van der Waals surface area (Å²) in [5, 5.41) is 3.55. The zero-order valence-corrected chi connectivity index (χ0v) is 12.3. The lowest BCUT2D eigenvalue weighted by atomic mass is 9.96. The Bertz CT molecular complexity index is 600. The van der Waals surface area contributed by atoms with E-state index in [2.05, 4.69) is 55.9 Å². The molecule has 3 heteroatoms. The van der Waals surface area contributed by atoms with Crippen LogP contribution in [0.15, 0.2) is 18.2 Å². The van der Waals surface area contributed by atoms with Gasteiger partial charge in [0.05, 0.1) is 11.0 Å². The van der Waals surface area contributed by atoms with Crippen LogP contribution in [-0.2, 0) is 19.0 Å². The van der Waals surface area contributed by atoms with Gasteiger partial charge < -0.3 is 9.88 Å². The van der Waals surface area contributed by atoms with Crippen molar-refractivity contribution in [2.45, 2.75) is 51.6 Å². The maximum Gasteiger partial charge on any atom is 0.115 e. The van der Waals surface area contributed by atoms with Crippen LogP contribution in [0.3, 0.4) is 0 Å². The van der Waals surface area contributed by atoms with E-state index in [-0.39, 0.29) is 5.41 Å². The minimum atomic E-state index is 0.0835. The molecule has 1 aromatic carbocycles. The summed E-state index contributed by atoms with van der Waals surface area (Å²) in [4.78, 5) is 4.82. The molecule has 0 saturated heterocycles. The Kier molecular flexibility index (Phi) is 2.90.